The van der Waals surface area contributed by atoms with Crippen molar-refractivity contribution in [2.75, 3.05) is 13.1 Å². The van der Waals surface area contributed by atoms with Crippen LogP contribution in [0.4, 0.5) is 0 Å². The van der Waals surface area contributed by atoms with E-state index in [0.717, 1.165) is 19.5 Å². The third-order valence-electron chi connectivity index (χ3n) is 5.30. The lowest BCUT2D eigenvalue weighted by atomic mass is 9.92. The maximum atomic E-state index is 11.9. The van der Waals surface area contributed by atoms with Crippen molar-refractivity contribution in [3.8, 4) is 0 Å². The first-order valence-electron chi connectivity index (χ1n) is 9.11. The van der Waals surface area contributed by atoms with E-state index >= 15 is 0 Å². The molecule has 0 spiro atoms. The molecule has 0 unspecified atom stereocenters. The first kappa shape index (κ1) is 17.0. The minimum absolute atomic E-state index is 0.280. The van der Waals surface area contributed by atoms with E-state index < -0.39 is 0 Å². The number of carbonyl (C=O) groups is 1. The SMILES string of the molecule is CCC(=O)N1CC[C@H](N[C@H](C)c2ccc3ccccc3c2)[C@@H](C)C1. The van der Waals surface area contributed by atoms with Gasteiger partial charge in [-0.3, -0.25) is 4.79 Å². The van der Waals surface area contributed by atoms with Gasteiger partial charge >= 0.3 is 0 Å². The van der Waals surface area contributed by atoms with Gasteiger partial charge in [-0.2, -0.15) is 0 Å². The van der Waals surface area contributed by atoms with Gasteiger partial charge in [0.2, 0.25) is 5.91 Å². The Morgan fingerprint density at radius 2 is 2.00 bits per heavy atom. The molecule has 3 atom stereocenters. The molecule has 128 valence electrons. The van der Waals surface area contributed by atoms with E-state index in [1.165, 1.54) is 16.3 Å². The minimum atomic E-state index is 0.280. The normalized spacial score (nSPS) is 22.5. The zero-order chi connectivity index (χ0) is 17.1. The second-order valence-electron chi connectivity index (χ2n) is 7.06. The highest BCUT2D eigenvalue weighted by Gasteiger charge is 2.28. The second-order valence-corrected chi connectivity index (χ2v) is 7.06. The van der Waals surface area contributed by atoms with E-state index in [1.54, 1.807) is 0 Å². The Kier molecular flexibility index (Phi) is 5.20. The molecule has 3 rings (SSSR count). The number of hydrogen-bond acceptors (Lipinski definition) is 2. The minimum Gasteiger partial charge on any atom is -0.342 e. The van der Waals surface area contributed by atoms with Crippen molar-refractivity contribution in [1.82, 2.24) is 10.2 Å². The van der Waals surface area contributed by atoms with Crippen molar-refractivity contribution < 1.29 is 4.79 Å². The first-order valence-corrected chi connectivity index (χ1v) is 9.11. The quantitative estimate of drug-likeness (QED) is 0.917. The molecular formula is C21H28N2O. The molecule has 1 amide bonds. The van der Waals surface area contributed by atoms with Crippen molar-refractivity contribution in [2.24, 2.45) is 5.92 Å². The third-order valence-corrected chi connectivity index (χ3v) is 5.30. The molecule has 1 aliphatic heterocycles. The smallest absolute Gasteiger partial charge is 0.222 e. The van der Waals surface area contributed by atoms with E-state index in [-0.39, 0.29) is 5.91 Å². The number of benzene rings is 2. The Hall–Kier alpha value is -1.87. The van der Waals surface area contributed by atoms with E-state index in [4.69, 9.17) is 0 Å². The summed E-state index contributed by atoms with van der Waals surface area (Å²) in [5, 5.41) is 6.37. The highest BCUT2D eigenvalue weighted by Crippen LogP contribution is 2.24. The van der Waals surface area contributed by atoms with Crippen LogP contribution in [0, 0.1) is 5.92 Å². The number of fused-ring (bicyclic) bond motifs is 1. The molecule has 24 heavy (non-hydrogen) atoms. The van der Waals surface area contributed by atoms with Crippen LogP contribution in [0.25, 0.3) is 10.8 Å². The van der Waals surface area contributed by atoms with Crippen molar-refractivity contribution in [1.29, 1.82) is 0 Å². The number of hydrogen-bond donors (Lipinski definition) is 1. The lowest BCUT2D eigenvalue weighted by Crippen LogP contribution is -2.50. The predicted molar refractivity (Wildman–Crippen MR) is 99.9 cm³/mol. The van der Waals surface area contributed by atoms with Crippen molar-refractivity contribution in [3.05, 3.63) is 48.0 Å². The Balaban J connectivity index is 1.65. The number of likely N-dealkylation sites (tertiary alicyclic amines) is 1. The van der Waals surface area contributed by atoms with Crippen LogP contribution in [0.3, 0.4) is 0 Å². The van der Waals surface area contributed by atoms with Gasteiger partial charge in [-0.1, -0.05) is 50.2 Å². The summed E-state index contributed by atoms with van der Waals surface area (Å²) in [4.78, 5) is 13.9. The predicted octanol–water partition coefficient (Wildman–Crippen LogP) is 4.14. The topological polar surface area (TPSA) is 32.3 Å². The lowest BCUT2D eigenvalue weighted by Gasteiger charge is -2.38. The van der Waals surface area contributed by atoms with Crippen LogP contribution < -0.4 is 5.32 Å². The molecule has 0 radical (unpaired) electrons. The summed E-state index contributed by atoms with van der Waals surface area (Å²) < 4.78 is 0. The van der Waals surface area contributed by atoms with Crippen LogP contribution in [-0.4, -0.2) is 29.9 Å². The van der Waals surface area contributed by atoms with Crippen LogP contribution in [0.2, 0.25) is 0 Å². The van der Waals surface area contributed by atoms with Gasteiger partial charge in [-0.15, -0.1) is 0 Å². The first-order chi connectivity index (χ1) is 11.6. The molecule has 1 aliphatic rings. The molecular weight excluding hydrogens is 296 g/mol. The fraction of sp³-hybridized carbons (Fsp3) is 0.476. The van der Waals surface area contributed by atoms with Gasteiger partial charge in [0, 0.05) is 31.6 Å². The molecule has 2 aromatic rings. The number of nitrogens with zero attached hydrogens (tertiary/aromatic N) is 1. The summed E-state index contributed by atoms with van der Waals surface area (Å²) in [6.45, 7) is 8.17. The number of piperidine rings is 1. The second kappa shape index (κ2) is 7.35. The maximum absolute atomic E-state index is 11.9. The van der Waals surface area contributed by atoms with Crippen molar-refractivity contribution in [2.45, 2.75) is 45.7 Å². The molecule has 0 aromatic heterocycles. The van der Waals surface area contributed by atoms with Crippen LogP contribution in [0.1, 0.15) is 45.2 Å². The Morgan fingerprint density at radius 3 is 2.71 bits per heavy atom. The summed E-state index contributed by atoms with van der Waals surface area (Å²) >= 11 is 0. The van der Waals surface area contributed by atoms with Gasteiger partial charge in [-0.05, 0) is 41.7 Å². The van der Waals surface area contributed by atoms with Gasteiger partial charge in [0.15, 0.2) is 0 Å². The molecule has 0 aliphatic carbocycles. The summed E-state index contributed by atoms with van der Waals surface area (Å²) in [5.74, 6) is 0.764. The van der Waals surface area contributed by atoms with Gasteiger partial charge < -0.3 is 10.2 Å². The molecule has 1 fully saturated rings. The fourth-order valence-electron chi connectivity index (χ4n) is 3.74. The van der Waals surface area contributed by atoms with E-state index in [2.05, 4.69) is 61.6 Å². The molecule has 0 bridgehead atoms. The van der Waals surface area contributed by atoms with E-state index in [9.17, 15) is 4.79 Å². The van der Waals surface area contributed by atoms with Gasteiger partial charge in [0.05, 0.1) is 0 Å². The number of carbonyl (C=O) groups excluding carboxylic acids is 1. The third kappa shape index (κ3) is 3.62. The Labute approximate surface area is 145 Å². The number of rotatable bonds is 4. The standard InChI is InChI=1S/C21H28N2O/c1-4-21(24)23-12-11-20(15(2)14-23)22-16(3)18-10-9-17-7-5-6-8-19(17)13-18/h5-10,13,15-16,20,22H,4,11-12,14H2,1-3H3/t15-,16+,20-/m0/s1. The number of amides is 1. The van der Waals surface area contributed by atoms with Gasteiger partial charge in [0.25, 0.3) is 0 Å². The molecule has 0 saturated carbocycles. The summed E-state index contributed by atoms with van der Waals surface area (Å²) in [7, 11) is 0. The van der Waals surface area contributed by atoms with Crippen molar-refractivity contribution >= 4 is 16.7 Å². The monoisotopic (exact) mass is 324 g/mol. The van der Waals surface area contributed by atoms with Crippen LogP contribution >= 0.6 is 0 Å². The van der Waals surface area contributed by atoms with Crippen LogP contribution in [0.15, 0.2) is 42.5 Å². The van der Waals surface area contributed by atoms with E-state index in [1.807, 2.05) is 11.8 Å². The summed E-state index contributed by atoms with van der Waals surface area (Å²) in [5.41, 5.74) is 1.33. The van der Waals surface area contributed by atoms with E-state index in [0.29, 0.717) is 24.4 Å². The average Bonchev–Trinajstić information content (AvgIpc) is 2.62. The Bertz CT molecular complexity index is 712. The fourth-order valence-corrected chi connectivity index (χ4v) is 3.74. The van der Waals surface area contributed by atoms with Crippen LogP contribution in [0.5, 0.6) is 0 Å². The molecule has 3 nitrogen and oxygen atoms in total. The molecule has 3 heteroatoms. The van der Waals surface area contributed by atoms with Gasteiger partial charge in [-0.25, -0.2) is 0 Å². The molecule has 1 heterocycles. The largest absolute Gasteiger partial charge is 0.342 e. The summed E-state index contributed by atoms with van der Waals surface area (Å²) in [6, 6.07) is 16.0. The molecule has 1 N–H and O–H groups in total. The average molecular weight is 324 g/mol. The molecule has 1 saturated heterocycles. The highest BCUT2D eigenvalue weighted by atomic mass is 16.2. The van der Waals surface area contributed by atoms with Crippen molar-refractivity contribution in [3.63, 3.8) is 0 Å². The van der Waals surface area contributed by atoms with Gasteiger partial charge in [0.1, 0.15) is 0 Å². The molecule has 2 aromatic carbocycles. The highest BCUT2D eigenvalue weighted by molar-refractivity contribution is 5.83. The number of nitrogens with one attached hydrogen (secondary N) is 1. The Morgan fingerprint density at radius 1 is 1.25 bits per heavy atom. The zero-order valence-corrected chi connectivity index (χ0v) is 15.0. The zero-order valence-electron chi connectivity index (χ0n) is 15.0. The van der Waals surface area contributed by atoms with Crippen LogP contribution in [-0.2, 0) is 4.79 Å². The lowest BCUT2D eigenvalue weighted by molar-refractivity contribution is -0.132. The summed E-state index contributed by atoms with van der Waals surface area (Å²) in [6.07, 6.45) is 1.64. The maximum Gasteiger partial charge on any atom is 0.222 e.